The van der Waals surface area contributed by atoms with Crippen molar-refractivity contribution in [1.82, 2.24) is 29.3 Å². The van der Waals surface area contributed by atoms with E-state index in [-0.39, 0.29) is 29.0 Å². The lowest BCUT2D eigenvalue weighted by Crippen LogP contribution is -2.55. The lowest BCUT2D eigenvalue weighted by Gasteiger charge is -2.43. The lowest BCUT2D eigenvalue weighted by molar-refractivity contribution is 0.00900. The number of piperidine rings is 1. The van der Waals surface area contributed by atoms with Crippen LogP contribution in [0.5, 0.6) is 0 Å². The van der Waals surface area contributed by atoms with Gasteiger partial charge in [-0.2, -0.15) is 0 Å². The van der Waals surface area contributed by atoms with Crippen LogP contribution in [0.25, 0.3) is 10.9 Å². The fourth-order valence-corrected chi connectivity index (χ4v) is 7.20. The molecule has 1 saturated carbocycles. The largest absolute Gasteiger partial charge is 0.444 e. The number of hydrogen-bond acceptors (Lipinski definition) is 10. The zero-order valence-electron chi connectivity index (χ0n) is 27.7. The molecule has 3 fully saturated rings. The lowest BCUT2D eigenvalue weighted by atomic mass is 10.0. The molecule has 2 aliphatic heterocycles. The van der Waals surface area contributed by atoms with Gasteiger partial charge in [0.15, 0.2) is 5.78 Å². The maximum atomic E-state index is 13.5. The fraction of sp³-hybridized carbons (Fsp3) is 0.588. The van der Waals surface area contributed by atoms with Gasteiger partial charge in [0.2, 0.25) is 0 Å². The summed E-state index contributed by atoms with van der Waals surface area (Å²) < 4.78 is 7.36. The van der Waals surface area contributed by atoms with Crippen LogP contribution in [0.15, 0.2) is 29.5 Å². The van der Waals surface area contributed by atoms with Crippen LogP contribution in [-0.4, -0.2) is 92.1 Å². The third-order valence-electron chi connectivity index (χ3n) is 9.56. The standard InChI is InChI=1S/C34H46N8O4/c1-22-26-19-35-28(18-27(26)42(25-8-6-7-9-25)32(44)31(22)23(2)43)38-29-20-37-30(21-36-29)40-12-10-24(11-13-40)39-14-16-41(17-15-39)33(45)46-34(3,4)5/h18-21,24-25H,6-17H2,1-5H3,(H,35,36,38). The van der Waals surface area contributed by atoms with Crippen LogP contribution in [0.3, 0.4) is 0 Å². The minimum atomic E-state index is -0.478. The number of ketones is 1. The van der Waals surface area contributed by atoms with Crippen molar-refractivity contribution in [2.24, 2.45) is 0 Å². The summed E-state index contributed by atoms with van der Waals surface area (Å²) in [6.45, 7) is 13.9. The number of aryl methyl sites for hydroxylation is 1. The molecule has 5 heterocycles. The number of piperazine rings is 1. The normalized spacial score (nSPS) is 18.7. The molecule has 0 aromatic carbocycles. The van der Waals surface area contributed by atoms with E-state index in [1.807, 2.05) is 43.2 Å². The third-order valence-corrected chi connectivity index (χ3v) is 9.56. The number of anilines is 3. The number of hydrogen-bond donors (Lipinski definition) is 1. The van der Waals surface area contributed by atoms with Crippen molar-refractivity contribution < 1.29 is 14.3 Å². The first kappa shape index (κ1) is 31.9. The van der Waals surface area contributed by atoms with Crippen LogP contribution in [0.1, 0.15) is 88.2 Å². The second-order valence-electron chi connectivity index (χ2n) is 13.9. The van der Waals surface area contributed by atoms with E-state index in [1.54, 1.807) is 18.6 Å². The summed E-state index contributed by atoms with van der Waals surface area (Å²) in [6, 6.07) is 2.45. The van der Waals surface area contributed by atoms with E-state index >= 15 is 0 Å². The Morgan fingerprint density at radius 2 is 1.54 bits per heavy atom. The summed E-state index contributed by atoms with van der Waals surface area (Å²) in [7, 11) is 0. The first-order valence-electron chi connectivity index (χ1n) is 16.6. The van der Waals surface area contributed by atoms with Crippen LogP contribution in [-0.2, 0) is 4.74 Å². The van der Waals surface area contributed by atoms with Crippen LogP contribution < -0.4 is 15.8 Å². The highest BCUT2D eigenvalue weighted by Gasteiger charge is 2.31. The number of nitrogens with zero attached hydrogens (tertiary/aromatic N) is 7. The number of fused-ring (bicyclic) bond motifs is 1. The van der Waals surface area contributed by atoms with Gasteiger partial charge in [0.05, 0.1) is 23.5 Å². The molecule has 3 aliphatic rings. The SMILES string of the molecule is CC(=O)c1c(C)c2cnc(Nc3cnc(N4CCC(N5CCN(C(=O)OC(C)(C)C)CC5)CC4)cn3)cc2n(C2CCCC2)c1=O. The second kappa shape index (κ2) is 13.0. The molecule has 2 saturated heterocycles. The van der Waals surface area contributed by atoms with Crippen LogP contribution in [0.2, 0.25) is 0 Å². The van der Waals surface area contributed by atoms with Gasteiger partial charge in [0.25, 0.3) is 5.56 Å². The number of aromatic nitrogens is 4. The van der Waals surface area contributed by atoms with E-state index in [2.05, 4.69) is 25.1 Å². The molecule has 12 heteroatoms. The van der Waals surface area contributed by atoms with Gasteiger partial charge in [-0.3, -0.25) is 14.5 Å². The number of amides is 1. The number of rotatable bonds is 6. The molecule has 3 aromatic rings. The Labute approximate surface area is 270 Å². The van der Waals surface area contributed by atoms with Gasteiger partial charge in [-0.15, -0.1) is 0 Å². The van der Waals surface area contributed by atoms with Gasteiger partial charge in [-0.1, -0.05) is 12.8 Å². The van der Waals surface area contributed by atoms with E-state index in [0.29, 0.717) is 36.3 Å². The molecule has 1 aliphatic carbocycles. The summed E-state index contributed by atoms with van der Waals surface area (Å²) in [5.41, 5.74) is 1.03. The van der Waals surface area contributed by atoms with E-state index in [9.17, 15) is 14.4 Å². The average molecular weight is 631 g/mol. The van der Waals surface area contributed by atoms with Crippen molar-refractivity contribution >= 4 is 40.2 Å². The molecule has 12 nitrogen and oxygen atoms in total. The van der Waals surface area contributed by atoms with Crippen molar-refractivity contribution in [3.05, 3.63) is 46.1 Å². The molecular formula is C34H46N8O4. The van der Waals surface area contributed by atoms with Gasteiger partial charge in [0, 0.05) is 69.0 Å². The predicted octanol–water partition coefficient (Wildman–Crippen LogP) is 5.08. The first-order chi connectivity index (χ1) is 22.0. The minimum Gasteiger partial charge on any atom is -0.444 e. The zero-order chi connectivity index (χ0) is 32.6. The molecule has 6 rings (SSSR count). The van der Waals surface area contributed by atoms with Gasteiger partial charge in [0.1, 0.15) is 23.1 Å². The van der Waals surface area contributed by atoms with E-state index < -0.39 is 5.60 Å². The van der Waals surface area contributed by atoms with E-state index in [1.165, 1.54) is 6.92 Å². The molecular weight excluding hydrogens is 584 g/mol. The number of Topliss-reactive ketones (excluding diaryl/α,β-unsaturated/α-hetero) is 1. The molecule has 0 bridgehead atoms. The molecule has 1 N–H and O–H groups in total. The van der Waals surface area contributed by atoms with Crippen molar-refractivity contribution in [2.75, 3.05) is 49.5 Å². The summed E-state index contributed by atoms with van der Waals surface area (Å²) in [5.74, 6) is 1.77. The van der Waals surface area contributed by atoms with E-state index in [4.69, 9.17) is 9.72 Å². The molecule has 3 aromatic heterocycles. The molecule has 0 unspecified atom stereocenters. The Bertz CT molecular complexity index is 1640. The highest BCUT2D eigenvalue weighted by molar-refractivity contribution is 6.00. The molecule has 46 heavy (non-hydrogen) atoms. The monoisotopic (exact) mass is 630 g/mol. The second-order valence-corrected chi connectivity index (χ2v) is 13.9. The Hall–Kier alpha value is -4.06. The molecule has 0 radical (unpaired) electrons. The number of pyridine rings is 2. The average Bonchev–Trinajstić information content (AvgIpc) is 3.55. The van der Waals surface area contributed by atoms with Crippen molar-refractivity contribution in [1.29, 1.82) is 0 Å². The first-order valence-corrected chi connectivity index (χ1v) is 16.6. The number of carbonyl (C=O) groups excluding carboxylic acids is 2. The predicted molar refractivity (Wildman–Crippen MR) is 178 cm³/mol. The van der Waals surface area contributed by atoms with Crippen molar-refractivity contribution in [3.8, 4) is 0 Å². The van der Waals surface area contributed by atoms with E-state index in [0.717, 1.165) is 81.4 Å². The topological polar surface area (TPSA) is 126 Å². The molecule has 0 atom stereocenters. The Kier molecular flexibility index (Phi) is 9.00. The maximum absolute atomic E-state index is 13.5. The van der Waals surface area contributed by atoms with Crippen LogP contribution in [0.4, 0.5) is 22.2 Å². The summed E-state index contributed by atoms with van der Waals surface area (Å²) in [4.78, 5) is 58.9. The number of ether oxygens (including phenoxy) is 1. The summed E-state index contributed by atoms with van der Waals surface area (Å²) in [5, 5.41) is 4.08. The van der Waals surface area contributed by atoms with Crippen molar-refractivity contribution in [2.45, 2.75) is 90.8 Å². The fourth-order valence-electron chi connectivity index (χ4n) is 7.20. The Morgan fingerprint density at radius 1 is 0.870 bits per heavy atom. The smallest absolute Gasteiger partial charge is 0.410 e. The Morgan fingerprint density at radius 3 is 2.15 bits per heavy atom. The number of carbonyl (C=O) groups is 2. The highest BCUT2D eigenvalue weighted by Crippen LogP contribution is 2.33. The quantitative estimate of drug-likeness (QED) is 0.369. The number of nitrogens with one attached hydrogen (secondary N) is 1. The molecule has 1 amide bonds. The van der Waals surface area contributed by atoms with Gasteiger partial charge < -0.3 is 24.4 Å². The molecule has 246 valence electrons. The Balaban J connectivity index is 1.08. The molecule has 0 spiro atoms. The zero-order valence-corrected chi connectivity index (χ0v) is 27.7. The van der Waals surface area contributed by atoms with Gasteiger partial charge >= 0.3 is 6.09 Å². The van der Waals surface area contributed by atoms with Crippen molar-refractivity contribution in [3.63, 3.8) is 0 Å². The highest BCUT2D eigenvalue weighted by atomic mass is 16.6. The van der Waals surface area contributed by atoms with Crippen LogP contribution >= 0.6 is 0 Å². The van der Waals surface area contributed by atoms with Gasteiger partial charge in [-0.25, -0.2) is 19.7 Å². The maximum Gasteiger partial charge on any atom is 0.410 e. The summed E-state index contributed by atoms with van der Waals surface area (Å²) in [6.07, 6.45) is 11.1. The minimum absolute atomic E-state index is 0.0778. The van der Waals surface area contributed by atoms with Gasteiger partial charge in [-0.05, 0) is 65.9 Å². The summed E-state index contributed by atoms with van der Waals surface area (Å²) >= 11 is 0. The van der Waals surface area contributed by atoms with Crippen LogP contribution in [0, 0.1) is 6.92 Å². The third kappa shape index (κ3) is 6.72.